The normalized spacial score (nSPS) is 11.8. The molecule has 0 unspecified atom stereocenters. The molecule has 4 aromatic heterocycles. The van der Waals surface area contributed by atoms with Gasteiger partial charge in [0.2, 0.25) is 0 Å². The third-order valence-electron chi connectivity index (χ3n) is 12.1. The monoisotopic (exact) mass is 839 g/mol. The molecule has 0 aliphatic rings. The molecule has 63 heavy (non-hydrogen) atoms. The first kappa shape index (κ1) is 35.9. The van der Waals surface area contributed by atoms with Gasteiger partial charge in [-0.25, -0.2) is 19.9 Å². The smallest absolute Gasteiger partial charge is 0.171 e. The summed E-state index contributed by atoms with van der Waals surface area (Å²) in [5, 5.41) is 14.0. The van der Waals surface area contributed by atoms with E-state index in [1.165, 1.54) is 59.6 Å². The zero-order valence-electron chi connectivity index (χ0n) is 33.6. The van der Waals surface area contributed by atoms with Crippen molar-refractivity contribution < 1.29 is 0 Å². The molecular weight excluding hydrogens is 807 g/mol. The summed E-state index contributed by atoms with van der Waals surface area (Å²) in [6, 6.07) is 67.6. The van der Waals surface area contributed by atoms with Crippen LogP contribution in [0.2, 0.25) is 0 Å². The number of aromatic nitrogens is 4. The van der Waals surface area contributed by atoms with Gasteiger partial charge < -0.3 is 0 Å². The van der Waals surface area contributed by atoms with E-state index in [1.54, 1.807) is 22.7 Å². The van der Waals surface area contributed by atoms with Gasteiger partial charge in [0.15, 0.2) is 5.65 Å². The molecule has 13 rings (SSSR count). The summed E-state index contributed by atoms with van der Waals surface area (Å²) in [5.74, 6) is 0.789. The Morgan fingerprint density at radius 3 is 1.52 bits per heavy atom. The number of hydrogen-bond acceptors (Lipinski definition) is 7. The Balaban J connectivity index is 0.922. The molecule has 0 bridgehead atoms. The first-order valence-electron chi connectivity index (χ1n) is 20.9. The van der Waals surface area contributed by atoms with Gasteiger partial charge in [-0.3, -0.25) is 4.90 Å². The van der Waals surface area contributed by atoms with Crippen LogP contribution in [0, 0.1) is 0 Å². The van der Waals surface area contributed by atoms with Crippen LogP contribution in [0.15, 0.2) is 200 Å². The van der Waals surface area contributed by atoms with Crippen LogP contribution in [-0.4, -0.2) is 19.9 Å². The number of hydrogen-bond donors (Lipinski definition) is 0. The second kappa shape index (κ2) is 14.4. The van der Waals surface area contributed by atoms with Crippen LogP contribution in [0.5, 0.6) is 0 Å². The number of anilines is 3. The number of nitrogens with zero attached hydrogens (tertiary/aromatic N) is 5. The van der Waals surface area contributed by atoms with E-state index in [2.05, 4.69) is 193 Å². The van der Waals surface area contributed by atoms with Crippen LogP contribution in [0.1, 0.15) is 0 Å². The lowest BCUT2D eigenvalue weighted by Gasteiger charge is -2.24. The van der Waals surface area contributed by atoms with E-state index in [9.17, 15) is 0 Å². The summed E-state index contributed by atoms with van der Waals surface area (Å²) in [7, 11) is 0. The van der Waals surface area contributed by atoms with Crippen molar-refractivity contribution in [1.29, 1.82) is 0 Å². The number of fused-ring (bicyclic) bond motifs is 8. The Labute approximate surface area is 369 Å². The Bertz CT molecular complexity index is 3810. The number of pyridine rings is 2. The highest BCUT2D eigenvalue weighted by atomic mass is 32.1. The van der Waals surface area contributed by atoms with Gasteiger partial charge in [0.1, 0.15) is 21.3 Å². The van der Waals surface area contributed by atoms with Crippen molar-refractivity contribution in [3.05, 3.63) is 200 Å². The Morgan fingerprint density at radius 2 is 0.857 bits per heavy atom. The molecule has 4 heterocycles. The van der Waals surface area contributed by atoms with E-state index in [-0.39, 0.29) is 0 Å². The molecular formula is C56H33N5S2. The van der Waals surface area contributed by atoms with E-state index in [1.807, 2.05) is 12.4 Å². The van der Waals surface area contributed by atoms with E-state index in [0.29, 0.717) is 0 Å². The first-order valence-corrected chi connectivity index (χ1v) is 22.5. The van der Waals surface area contributed by atoms with Crippen molar-refractivity contribution in [2.24, 2.45) is 0 Å². The predicted octanol–water partition coefficient (Wildman–Crippen LogP) is 15.9. The molecule has 9 aromatic carbocycles. The zero-order chi connectivity index (χ0) is 41.4. The summed E-state index contributed by atoms with van der Waals surface area (Å²) < 4.78 is 2.07. The van der Waals surface area contributed by atoms with Gasteiger partial charge in [-0.15, -0.1) is 22.7 Å². The van der Waals surface area contributed by atoms with Crippen molar-refractivity contribution in [2.45, 2.75) is 0 Å². The van der Waals surface area contributed by atoms with Gasteiger partial charge in [0, 0.05) is 22.9 Å². The minimum atomic E-state index is 0.728. The minimum absolute atomic E-state index is 0.728. The van der Waals surface area contributed by atoms with Gasteiger partial charge >= 0.3 is 0 Å². The average Bonchev–Trinajstić information content (AvgIpc) is 3.98. The highest BCUT2D eigenvalue weighted by Gasteiger charge is 2.20. The summed E-state index contributed by atoms with van der Waals surface area (Å²) in [4.78, 5) is 22.3. The third kappa shape index (κ3) is 6.28. The van der Waals surface area contributed by atoms with Crippen LogP contribution in [0.25, 0.3) is 107 Å². The predicted molar refractivity (Wildman–Crippen MR) is 267 cm³/mol. The molecule has 294 valence electrons. The minimum Gasteiger partial charge on any atom is -0.293 e. The summed E-state index contributed by atoms with van der Waals surface area (Å²) in [6.07, 6.45) is 3.82. The number of benzene rings is 9. The standard InChI is InChI=1S/C56H33N5S2/c1-4-10-37-25-40(16-13-34(37)7-1)41-21-23-48-42(26-41)17-18-43-29-46(22-24-49(43)48)61(47-30-52-54(58-32-47)60-56(63-52)45-20-15-36-9-3-6-12-39(36)28-45)53-31-51-50(33-57-53)59-55(62-51)44-19-14-35-8-2-5-11-38(35)27-44/h1-33H. The fourth-order valence-corrected chi connectivity index (χ4v) is 10.8. The molecule has 0 amide bonds. The largest absolute Gasteiger partial charge is 0.293 e. The lowest BCUT2D eigenvalue weighted by molar-refractivity contribution is 1.18. The second-order valence-corrected chi connectivity index (χ2v) is 18.1. The van der Waals surface area contributed by atoms with E-state index in [0.717, 1.165) is 64.3 Å². The Kier molecular flexibility index (Phi) is 8.19. The first-order chi connectivity index (χ1) is 31.1. The molecule has 0 N–H and O–H groups in total. The van der Waals surface area contributed by atoms with Gasteiger partial charge in [-0.05, 0) is 107 Å². The lowest BCUT2D eigenvalue weighted by atomic mass is 9.96. The molecule has 0 atom stereocenters. The Hall–Kier alpha value is -7.84. The Morgan fingerprint density at radius 1 is 0.349 bits per heavy atom. The molecule has 7 heteroatoms. The molecule has 13 aromatic rings. The van der Waals surface area contributed by atoms with Gasteiger partial charge in [-0.2, -0.15) is 0 Å². The topological polar surface area (TPSA) is 54.8 Å². The number of rotatable bonds is 6. The van der Waals surface area contributed by atoms with E-state index in [4.69, 9.17) is 19.9 Å². The molecule has 0 spiro atoms. The molecule has 0 saturated carbocycles. The van der Waals surface area contributed by atoms with Gasteiger partial charge in [0.05, 0.1) is 27.5 Å². The SMILES string of the molecule is c1ccc2cc(-c3ccc4c(ccc5cc(N(c6cnc7nc(-c8ccc9ccccc9c8)sc7c6)c6cc7sc(-c8ccc9ccccc9c8)nc7cn6)ccc54)c3)ccc2c1. The van der Waals surface area contributed by atoms with Crippen LogP contribution in [-0.2, 0) is 0 Å². The lowest BCUT2D eigenvalue weighted by Crippen LogP contribution is -2.11. The zero-order valence-corrected chi connectivity index (χ0v) is 35.2. The van der Waals surface area contributed by atoms with Crippen LogP contribution in [0.4, 0.5) is 17.2 Å². The highest BCUT2D eigenvalue weighted by Crippen LogP contribution is 2.42. The maximum Gasteiger partial charge on any atom is 0.171 e. The fraction of sp³-hybridized carbons (Fsp3) is 0. The van der Waals surface area contributed by atoms with Crippen molar-refractivity contribution in [3.63, 3.8) is 0 Å². The second-order valence-electron chi connectivity index (χ2n) is 16.0. The van der Waals surface area contributed by atoms with Crippen molar-refractivity contribution in [1.82, 2.24) is 19.9 Å². The maximum absolute atomic E-state index is 5.10. The quantitative estimate of drug-likeness (QED) is 0.156. The molecule has 0 fully saturated rings. The van der Waals surface area contributed by atoms with Gasteiger partial charge in [0.25, 0.3) is 0 Å². The molecule has 5 nitrogen and oxygen atoms in total. The molecule has 0 aliphatic heterocycles. The van der Waals surface area contributed by atoms with E-state index < -0.39 is 0 Å². The molecule has 0 radical (unpaired) electrons. The third-order valence-corrected chi connectivity index (χ3v) is 14.2. The van der Waals surface area contributed by atoms with Crippen LogP contribution >= 0.6 is 22.7 Å². The molecule has 0 saturated heterocycles. The van der Waals surface area contributed by atoms with E-state index >= 15 is 0 Å². The van der Waals surface area contributed by atoms with Crippen LogP contribution in [0.3, 0.4) is 0 Å². The average molecular weight is 840 g/mol. The summed E-state index contributed by atoms with van der Waals surface area (Å²) in [6.45, 7) is 0. The fourth-order valence-electron chi connectivity index (χ4n) is 8.93. The molecule has 0 aliphatic carbocycles. The summed E-state index contributed by atoms with van der Waals surface area (Å²) in [5.41, 5.74) is 8.10. The van der Waals surface area contributed by atoms with Crippen molar-refractivity contribution in [2.75, 3.05) is 4.90 Å². The summed E-state index contributed by atoms with van der Waals surface area (Å²) >= 11 is 3.35. The highest BCUT2D eigenvalue weighted by molar-refractivity contribution is 7.22. The number of thiazole rings is 2. The van der Waals surface area contributed by atoms with Crippen molar-refractivity contribution in [3.8, 4) is 32.3 Å². The van der Waals surface area contributed by atoms with Crippen LogP contribution < -0.4 is 4.90 Å². The van der Waals surface area contributed by atoms with Crippen molar-refractivity contribution >= 4 is 114 Å². The van der Waals surface area contributed by atoms with Gasteiger partial charge in [-0.1, -0.05) is 140 Å². The maximum atomic E-state index is 5.10.